The molecule has 0 radical (unpaired) electrons. The molecule has 0 spiro atoms. The van der Waals surface area contributed by atoms with E-state index in [4.69, 9.17) is 9.47 Å². The minimum Gasteiger partial charge on any atom is -0.463 e. The fourth-order valence-corrected chi connectivity index (χ4v) is 3.50. The van der Waals surface area contributed by atoms with Gasteiger partial charge in [-0.1, -0.05) is 6.58 Å². The highest BCUT2D eigenvalue weighted by molar-refractivity contribution is 5.87. The van der Waals surface area contributed by atoms with Crippen molar-refractivity contribution in [1.82, 2.24) is 0 Å². The molecule has 2 aliphatic rings. The number of carbonyl (C=O) groups is 2. The number of esters is 2. The Morgan fingerprint density at radius 1 is 0.900 bits per heavy atom. The van der Waals surface area contributed by atoms with Gasteiger partial charge in [0.1, 0.15) is 12.2 Å². The van der Waals surface area contributed by atoms with Crippen LogP contribution in [0.1, 0.15) is 52.4 Å². The molecule has 0 aromatic heterocycles. The molecule has 2 saturated carbocycles. The van der Waals surface area contributed by atoms with Gasteiger partial charge in [0.15, 0.2) is 0 Å². The van der Waals surface area contributed by atoms with E-state index >= 15 is 0 Å². The van der Waals surface area contributed by atoms with Crippen LogP contribution in [-0.4, -0.2) is 24.1 Å². The number of carbonyl (C=O) groups excluding carboxylic acids is 2. The second kappa shape index (κ2) is 6.42. The zero-order chi connectivity index (χ0) is 14.7. The highest BCUT2D eigenvalue weighted by atomic mass is 16.5. The van der Waals surface area contributed by atoms with E-state index < -0.39 is 0 Å². The van der Waals surface area contributed by atoms with Crippen molar-refractivity contribution < 1.29 is 19.1 Å². The van der Waals surface area contributed by atoms with Crippen LogP contribution in [0.3, 0.4) is 0 Å². The fraction of sp³-hybridized carbons (Fsp3) is 0.750. The summed E-state index contributed by atoms with van der Waals surface area (Å²) in [4.78, 5) is 22.6. The normalized spacial score (nSPS) is 32.9. The van der Waals surface area contributed by atoms with E-state index in [-0.39, 0.29) is 24.1 Å². The third kappa shape index (κ3) is 3.84. The van der Waals surface area contributed by atoms with E-state index in [1.165, 1.54) is 6.92 Å². The summed E-state index contributed by atoms with van der Waals surface area (Å²) in [5, 5.41) is 0. The van der Waals surface area contributed by atoms with Crippen molar-refractivity contribution in [2.24, 2.45) is 11.8 Å². The summed E-state index contributed by atoms with van der Waals surface area (Å²) in [5.74, 6) is 0.742. The van der Waals surface area contributed by atoms with Gasteiger partial charge in [0.25, 0.3) is 0 Å². The summed E-state index contributed by atoms with van der Waals surface area (Å²) in [5.41, 5.74) is 0.464. The first kappa shape index (κ1) is 15.1. The predicted octanol–water partition coefficient (Wildman–Crippen LogP) is 3.01. The average Bonchev–Trinajstić information content (AvgIpc) is 2.38. The first-order valence-corrected chi connectivity index (χ1v) is 7.49. The number of hydrogen-bond donors (Lipinski definition) is 0. The quantitative estimate of drug-likeness (QED) is 0.589. The van der Waals surface area contributed by atoms with Gasteiger partial charge in [0.2, 0.25) is 0 Å². The molecule has 0 heterocycles. The van der Waals surface area contributed by atoms with Crippen molar-refractivity contribution in [2.75, 3.05) is 0 Å². The lowest BCUT2D eigenvalue weighted by Crippen LogP contribution is -2.37. The van der Waals surface area contributed by atoms with Gasteiger partial charge in [0, 0.05) is 12.5 Å². The second-order valence-corrected chi connectivity index (χ2v) is 6.19. The minimum atomic E-state index is -0.276. The molecule has 0 bridgehead atoms. The van der Waals surface area contributed by atoms with Gasteiger partial charge in [-0.25, -0.2) is 4.79 Å². The van der Waals surface area contributed by atoms with Crippen LogP contribution in [0, 0.1) is 11.8 Å². The third-order valence-corrected chi connectivity index (χ3v) is 4.47. The Kier molecular flexibility index (Phi) is 4.84. The van der Waals surface area contributed by atoms with Crippen LogP contribution in [0.2, 0.25) is 0 Å². The molecule has 2 fully saturated rings. The molecule has 2 rings (SSSR count). The first-order chi connectivity index (χ1) is 9.45. The van der Waals surface area contributed by atoms with Crippen LogP contribution >= 0.6 is 0 Å². The molecule has 0 aromatic rings. The zero-order valence-corrected chi connectivity index (χ0v) is 12.4. The lowest BCUT2D eigenvalue weighted by Gasteiger charge is -2.41. The largest absolute Gasteiger partial charge is 0.463 e. The summed E-state index contributed by atoms with van der Waals surface area (Å²) in [6, 6.07) is 0. The van der Waals surface area contributed by atoms with E-state index in [1.54, 1.807) is 6.92 Å². The molecule has 0 aromatic carbocycles. The molecule has 0 saturated heterocycles. The van der Waals surface area contributed by atoms with E-state index in [1.807, 2.05) is 0 Å². The standard InChI is InChI=1S/C16H24O4/c1-10(2)16(18)20-15-7-5-12-8-14(19-11(3)17)6-4-13(12)9-15/h12-15H,1,4-9H2,2-3H3. The van der Waals surface area contributed by atoms with Crippen LogP contribution in [-0.2, 0) is 19.1 Å². The Morgan fingerprint density at radius 3 is 1.85 bits per heavy atom. The summed E-state index contributed by atoms with van der Waals surface area (Å²) < 4.78 is 10.8. The van der Waals surface area contributed by atoms with Crippen molar-refractivity contribution >= 4 is 11.9 Å². The van der Waals surface area contributed by atoms with Gasteiger partial charge in [-0.3, -0.25) is 4.79 Å². The van der Waals surface area contributed by atoms with Crippen LogP contribution in [0.25, 0.3) is 0 Å². The number of fused-ring (bicyclic) bond motifs is 1. The molecule has 4 atom stereocenters. The smallest absolute Gasteiger partial charge is 0.333 e. The zero-order valence-electron chi connectivity index (χ0n) is 12.4. The van der Waals surface area contributed by atoms with E-state index in [9.17, 15) is 9.59 Å². The highest BCUT2D eigenvalue weighted by Crippen LogP contribution is 2.42. The van der Waals surface area contributed by atoms with Gasteiger partial charge in [-0.15, -0.1) is 0 Å². The van der Waals surface area contributed by atoms with E-state index in [0.29, 0.717) is 17.4 Å². The molecule has 20 heavy (non-hydrogen) atoms. The maximum atomic E-state index is 11.6. The molecule has 0 aliphatic heterocycles. The Morgan fingerprint density at radius 2 is 1.40 bits per heavy atom. The average molecular weight is 280 g/mol. The Balaban J connectivity index is 1.83. The van der Waals surface area contributed by atoms with Crippen LogP contribution in [0.5, 0.6) is 0 Å². The number of hydrogen-bond acceptors (Lipinski definition) is 4. The minimum absolute atomic E-state index is 0.0331. The number of ether oxygens (including phenoxy) is 2. The maximum absolute atomic E-state index is 11.6. The topological polar surface area (TPSA) is 52.6 Å². The molecule has 0 N–H and O–H groups in total. The Hall–Kier alpha value is -1.32. The monoisotopic (exact) mass is 280 g/mol. The highest BCUT2D eigenvalue weighted by Gasteiger charge is 2.37. The van der Waals surface area contributed by atoms with Gasteiger partial charge < -0.3 is 9.47 Å². The molecule has 4 unspecified atom stereocenters. The summed E-state index contributed by atoms with van der Waals surface area (Å²) in [7, 11) is 0. The van der Waals surface area contributed by atoms with Gasteiger partial charge >= 0.3 is 11.9 Å². The lowest BCUT2D eigenvalue weighted by atomic mass is 9.69. The van der Waals surface area contributed by atoms with Crippen LogP contribution in [0.4, 0.5) is 0 Å². The Bertz CT molecular complexity index is 401. The molecular formula is C16H24O4. The second-order valence-electron chi connectivity index (χ2n) is 6.19. The summed E-state index contributed by atoms with van der Waals surface area (Å²) in [6.07, 6.45) is 5.98. The molecule has 112 valence electrons. The maximum Gasteiger partial charge on any atom is 0.333 e. The van der Waals surface area contributed by atoms with Crippen molar-refractivity contribution in [3.05, 3.63) is 12.2 Å². The molecule has 4 heteroatoms. The van der Waals surface area contributed by atoms with Gasteiger partial charge in [-0.05, 0) is 57.3 Å². The lowest BCUT2D eigenvalue weighted by molar-refractivity contribution is -0.154. The molecule has 4 nitrogen and oxygen atoms in total. The SMILES string of the molecule is C=C(C)C(=O)OC1CCC2CC(OC(C)=O)CCC2C1. The predicted molar refractivity (Wildman–Crippen MR) is 74.9 cm³/mol. The molecule has 0 amide bonds. The first-order valence-electron chi connectivity index (χ1n) is 7.49. The van der Waals surface area contributed by atoms with Crippen LogP contribution in [0.15, 0.2) is 12.2 Å². The summed E-state index contributed by atoms with van der Waals surface area (Å²) in [6.45, 7) is 6.77. The fourth-order valence-electron chi connectivity index (χ4n) is 3.50. The summed E-state index contributed by atoms with van der Waals surface area (Å²) >= 11 is 0. The van der Waals surface area contributed by atoms with Crippen molar-refractivity contribution in [2.45, 2.75) is 64.6 Å². The molecule has 2 aliphatic carbocycles. The van der Waals surface area contributed by atoms with Crippen molar-refractivity contribution in [3.63, 3.8) is 0 Å². The van der Waals surface area contributed by atoms with Crippen molar-refractivity contribution in [3.8, 4) is 0 Å². The van der Waals surface area contributed by atoms with Crippen molar-refractivity contribution in [1.29, 1.82) is 0 Å². The van der Waals surface area contributed by atoms with E-state index in [0.717, 1.165) is 38.5 Å². The van der Waals surface area contributed by atoms with Crippen LogP contribution < -0.4 is 0 Å². The van der Waals surface area contributed by atoms with Gasteiger partial charge in [-0.2, -0.15) is 0 Å². The molecular weight excluding hydrogens is 256 g/mol. The van der Waals surface area contributed by atoms with Gasteiger partial charge in [0.05, 0.1) is 0 Å². The number of rotatable bonds is 3. The Labute approximate surface area is 120 Å². The third-order valence-electron chi connectivity index (χ3n) is 4.47. The van der Waals surface area contributed by atoms with E-state index in [2.05, 4.69) is 6.58 Å².